The minimum Gasteiger partial charge on any atom is -0.380 e. The molecule has 0 bridgehead atoms. The van der Waals surface area contributed by atoms with Gasteiger partial charge in [-0.1, -0.05) is 18.2 Å². The van der Waals surface area contributed by atoms with Crippen molar-refractivity contribution in [3.8, 4) is 0 Å². The molecule has 1 fully saturated rings. The van der Waals surface area contributed by atoms with Crippen molar-refractivity contribution in [2.24, 2.45) is 7.05 Å². The van der Waals surface area contributed by atoms with Gasteiger partial charge in [-0.2, -0.15) is 5.10 Å². The van der Waals surface area contributed by atoms with Crippen LogP contribution in [0.2, 0.25) is 0 Å². The first kappa shape index (κ1) is 12.1. The highest BCUT2D eigenvalue weighted by Crippen LogP contribution is 2.21. The quantitative estimate of drug-likeness (QED) is 0.916. The van der Waals surface area contributed by atoms with E-state index in [-0.39, 0.29) is 0 Å². The second kappa shape index (κ2) is 5.34. The van der Waals surface area contributed by atoms with E-state index >= 15 is 0 Å². The van der Waals surface area contributed by atoms with Gasteiger partial charge in [-0.3, -0.25) is 4.68 Å². The number of hydrogen-bond donors (Lipinski definition) is 1. The number of aryl methyl sites for hydroxylation is 1. The predicted octanol–water partition coefficient (Wildman–Crippen LogP) is 2.50. The second-order valence-corrected chi connectivity index (χ2v) is 5.14. The molecule has 100 valence electrons. The van der Waals surface area contributed by atoms with E-state index in [9.17, 15) is 0 Å². The zero-order chi connectivity index (χ0) is 13.1. The molecular formula is C15H20N4. The summed E-state index contributed by atoms with van der Waals surface area (Å²) in [6.07, 6.45) is 6.26. The lowest BCUT2D eigenvalue weighted by Gasteiger charge is -2.34. The Morgan fingerprint density at radius 3 is 2.53 bits per heavy atom. The Labute approximate surface area is 114 Å². The van der Waals surface area contributed by atoms with E-state index in [1.165, 1.54) is 18.5 Å². The highest BCUT2D eigenvalue weighted by molar-refractivity contribution is 5.47. The number of nitrogens with zero attached hydrogens (tertiary/aromatic N) is 3. The predicted molar refractivity (Wildman–Crippen MR) is 78.5 cm³/mol. The minimum absolute atomic E-state index is 0.559. The van der Waals surface area contributed by atoms with Crippen LogP contribution in [-0.2, 0) is 7.05 Å². The Morgan fingerprint density at radius 1 is 1.16 bits per heavy atom. The monoisotopic (exact) mass is 256 g/mol. The van der Waals surface area contributed by atoms with Gasteiger partial charge in [-0.05, 0) is 25.0 Å². The normalized spacial score (nSPS) is 16.6. The van der Waals surface area contributed by atoms with Crippen LogP contribution in [0, 0.1) is 0 Å². The van der Waals surface area contributed by atoms with Crippen LogP contribution in [0.1, 0.15) is 12.8 Å². The van der Waals surface area contributed by atoms with Crippen LogP contribution in [-0.4, -0.2) is 28.9 Å². The van der Waals surface area contributed by atoms with Gasteiger partial charge in [0.25, 0.3) is 0 Å². The molecule has 4 heteroatoms. The molecule has 1 aliphatic heterocycles. The topological polar surface area (TPSA) is 33.1 Å². The zero-order valence-electron chi connectivity index (χ0n) is 11.3. The molecule has 2 heterocycles. The largest absolute Gasteiger partial charge is 0.380 e. The SMILES string of the molecule is Cn1cc(NC2CCN(c3ccccc3)CC2)cn1. The maximum Gasteiger partial charge on any atom is 0.0728 e. The van der Waals surface area contributed by atoms with Gasteiger partial charge < -0.3 is 10.2 Å². The van der Waals surface area contributed by atoms with Gasteiger partial charge in [0, 0.05) is 38.1 Å². The lowest BCUT2D eigenvalue weighted by Crippen LogP contribution is -2.39. The van der Waals surface area contributed by atoms with Gasteiger partial charge in [0.15, 0.2) is 0 Å². The number of rotatable bonds is 3. The minimum atomic E-state index is 0.559. The molecule has 4 nitrogen and oxygen atoms in total. The summed E-state index contributed by atoms with van der Waals surface area (Å²) in [4.78, 5) is 2.46. The number of hydrogen-bond acceptors (Lipinski definition) is 3. The molecule has 0 atom stereocenters. The molecule has 1 saturated heterocycles. The molecule has 0 spiro atoms. The van der Waals surface area contributed by atoms with Crippen molar-refractivity contribution in [1.29, 1.82) is 0 Å². The summed E-state index contributed by atoms with van der Waals surface area (Å²) in [7, 11) is 1.95. The summed E-state index contributed by atoms with van der Waals surface area (Å²) >= 11 is 0. The summed E-state index contributed by atoms with van der Waals surface area (Å²) in [6, 6.07) is 11.2. The third-order valence-electron chi connectivity index (χ3n) is 3.69. The lowest BCUT2D eigenvalue weighted by molar-refractivity contribution is 0.527. The first-order valence-corrected chi connectivity index (χ1v) is 6.86. The Kier molecular flexibility index (Phi) is 3.40. The van der Waals surface area contributed by atoms with Gasteiger partial charge in [-0.25, -0.2) is 0 Å². The summed E-state index contributed by atoms with van der Waals surface area (Å²) in [5.74, 6) is 0. The summed E-state index contributed by atoms with van der Waals surface area (Å²) in [5, 5.41) is 7.75. The van der Waals surface area contributed by atoms with Crippen molar-refractivity contribution in [2.45, 2.75) is 18.9 Å². The van der Waals surface area contributed by atoms with E-state index in [1.807, 2.05) is 24.1 Å². The van der Waals surface area contributed by atoms with Crippen molar-refractivity contribution in [1.82, 2.24) is 9.78 Å². The average Bonchev–Trinajstić information content (AvgIpc) is 2.86. The van der Waals surface area contributed by atoms with Crippen LogP contribution < -0.4 is 10.2 Å². The van der Waals surface area contributed by atoms with Gasteiger partial charge in [-0.15, -0.1) is 0 Å². The molecule has 1 N–H and O–H groups in total. The van der Waals surface area contributed by atoms with Gasteiger partial charge in [0.1, 0.15) is 0 Å². The first-order valence-electron chi connectivity index (χ1n) is 6.86. The molecular weight excluding hydrogens is 236 g/mol. The second-order valence-electron chi connectivity index (χ2n) is 5.14. The van der Waals surface area contributed by atoms with E-state index in [1.54, 1.807) is 0 Å². The molecule has 1 aromatic carbocycles. The maximum atomic E-state index is 4.19. The van der Waals surface area contributed by atoms with Crippen molar-refractivity contribution in [3.63, 3.8) is 0 Å². The summed E-state index contributed by atoms with van der Waals surface area (Å²) < 4.78 is 1.83. The molecule has 3 rings (SSSR count). The molecule has 0 radical (unpaired) electrons. The van der Waals surface area contributed by atoms with Crippen LogP contribution in [0.3, 0.4) is 0 Å². The van der Waals surface area contributed by atoms with Crippen LogP contribution in [0.5, 0.6) is 0 Å². The molecule has 0 aliphatic carbocycles. The summed E-state index contributed by atoms with van der Waals surface area (Å²) in [6.45, 7) is 2.23. The van der Waals surface area contributed by atoms with Crippen molar-refractivity contribution >= 4 is 11.4 Å². The van der Waals surface area contributed by atoms with Gasteiger partial charge in [0.2, 0.25) is 0 Å². The zero-order valence-corrected chi connectivity index (χ0v) is 11.3. The smallest absolute Gasteiger partial charge is 0.0728 e. The number of para-hydroxylation sites is 1. The Morgan fingerprint density at radius 2 is 1.89 bits per heavy atom. The number of nitrogens with one attached hydrogen (secondary N) is 1. The third kappa shape index (κ3) is 2.89. The fraction of sp³-hybridized carbons (Fsp3) is 0.400. The van der Waals surface area contributed by atoms with Gasteiger partial charge >= 0.3 is 0 Å². The fourth-order valence-electron chi connectivity index (χ4n) is 2.65. The van der Waals surface area contributed by atoms with Crippen molar-refractivity contribution < 1.29 is 0 Å². The summed E-state index contributed by atoms with van der Waals surface area (Å²) in [5.41, 5.74) is 2.46. The van der Waals surface area contributed by atoms with Crippen LogP contribution in [0.15, 0.2) is 42.7 Å². The van der Waals surface area contributed by atoms with Crippen molar-refractivity contribution in [2.75, 3.05) is 23.3 Å². The molecule has 1 aromatic heterocycles. The standard InChI is InChI=1S/C15H20N4/c1-18-12-14(11-16-18)17-13-7-9-19(10-8-13)15-5-3-2-4-6-15/h2-6,11-13,17H,7-10H2,1H3. The fourth-order valence-corrected chi connectivity index (χ4v) is 2.65. The number of benzene rings is 1. The molecule has 1 aliphatic rings. The molecule has 0 unspecified atom stereocenters. The lowest BCUT2D eigenvalue weighted by atomic mass is 10.0. The molecule has 2 aromatic rings. The van der Waals surface area contributed by atoms with E-state index in [0.29, 0.717) is 6.04 Å². The van der Waals surface area contributed by atoms with Crippen LogP contribution in [0.4, 0.5) is 11.4 Å². The average molecular weight is 256 g/mol. The van der Waals surface area contributed by atoms with E-state index in [0.717, 1.165) is 18.8 Å². The van der Waals surface area contributed by atoms with Gasteiger partial charge in [0.05, 0.1) is 11.9 Å². The third-order valence-corrected chi connectivity index (χ3v) is 3.69. The number of aromatic nitrogens is 2. The number of anilines is 2. The molecule has 0 saturated carbocycles. The van der Waals surface area contributed by atoms with Crippen LogP contribution in [0.25, 0.3) is 0 Å². The van der Waals surface area contributed by atoms with Crippen molar-refractivity contribution in [3.05, 3.63) is 42.7 Å². The van der Waals surface area contributed by atoms with E-state index in [2.05, 4.69) is 45.6 Å². The highest BCUT2D eigenvalue weighted by atomic mass is 15.3. The van der Waals surface area contributed by atoms with E-state index < -0.39 is 0 Å². The Bertz CT molecular complexity index is 512. The first-order chi connectivity index (χ1) is 9.31. The Hall–Kier alpha value is -1.97. The Balaban J connectivity index is 1.55. The van der Waals surface area contributed by atoms with E-state index in [4.69, 9.17) is 0 Å². The molecule has 19 heavy (non-hydrogen) atoms. The highest BCUT2D eigenvalue weighted by Gasteiger charge is 2.19. The number of piperidine rings is 1. The maximum absolute atomic E-state index is 4.19. The van der Waals surface area contributed by atoms with Crippen LogP contribution >= 0.6 is 0 Å². The molecule has 0 amide bonds.